The average Bonchev–Trinajstić information content (AvgIpc) is 2.64. The van der Waals surface area contributed by atoms with Crippen LogP contribution in [0.5, 0.6) is 0 Å². The van der Waals surface area contributed by atoms with Gasteiger partial charge in [-0.05, 0) is 12.2 Å². The molecular formula is C8H15N5S2. The number of nitrogens with two attached hydrogens (primary N) is 1. The first kappa shape index (κ1) is 12.0. The van der Waals surface area contributed by atoms with Crippen molar-refractivity contribution in [2.24, 2.45) is 0 Å². The first-order valence-corrected chi connectivity index (χ1v) is 5.80. The van der Waals surface area contributed by atoms with Crippen molar-refractivity contribution in [1.82, 2.24) is 15.6 Å². The van der Waals surface area contributed by atoms with E-state index in [1.54, 1.807) is 7.05 Å². The van der Waals surface area contributed by atoms with E-state index in [-0.39, 0.29) is 0 Å². The number of thiocarbonyl (C=S) groups is 1. The number of rotatable bonds is 4. The lowest BCUT2D eigenvalue weighted by Crippen LogP contribution is -2.37. The van der Waals surface area contributed by atoms with E-state index in [0.717, 1.165) is 18.9 Å². The number of hydrogen-bond donors (Lipinski definition) is 3. The number of hydrogen-bond acceptors (Lipinski definition) is 5. The Balaban J connectivity index is 2.30. The Bertz CT molecular complexity index is 325. The van der Waals surface area contributed by atoms with Crippen molar-refractivity contribution in [2.45, 2.75) is 0 Å². The molecule has 84 valence electrons. The van der Waals surface area contributed by atoms with Crippen molar-refractivity contribution < 1.29 is 0 Å². The van der Waals surface area contributed by atoms with Crippen LogP contribution in [0, 0.1) is 0 Å². The summed E-state index contributed by atoms with van der Waals surface area (Å²) in [5, 5.41) is 9.10. The molecule has 0 unspecified atom stereocenters. The highest BCUT2D eigenvalue weighted by Gasteiger charge is 2.04. The van der Waals surface area contributed by atoms with Crippen molar-refractivity contribution >= 4 is 39.6 Å². The maximum atomic E-state index is 5.55. The average molecular weight is 245 g/mol. The van der Waals surface area contributed by atoms with Crippen molar-refractivity contribution in [3.05, 3.63) is 5.38 Å². The quantitative estimate of drug-likeness (QED) is 0.661. The molecule has 0 fully saturated rings. The van der Waals surface area contributed by atoms with Crippen LogP contribution in [-0.4, -0.2) is 37.3 Å². The van der Waals surface area contributed by atoms with E-state index < -0.39 is 0 Å². The molecule has 15 heavy (non-hydrogen) atoms. The van der Waals surface area contributed by atoms with Gasteiger partial charge in [-0.15, -0.1) is 11.3 Å². The van der Waals surface area contributed by atoms with Crippen molar-refractivity contribution in [2.75, 3.05) is 37.8 Å². The van der Waals surface area contributed by atoms with Crippen LogP contribution >= 0.6 is 23.6 Å². The monoisotopic (exact) mass is 245 g/mol. The number of anilines is 2. The Hall–Kier alpha value is -1.08. The third-order valence-corrected chi connectivity index (χ3v) is 2.87. The molecule has 0 saturated carbocycles. The van der Waals surface area contributed by atoms with E-state index in [1.165, 1.54) is 11.3 Å². The fraction of sp³-hybridized carbons (Fsp3) is 0.500. The van der Waals surface area contributed by atoms with Crippen LogP contribution in [0.2, 0.25) is 0 Å². The Morgan fingerprint density at radius 3 is 3.00 bits per heavy atom. The smallest absolute Gasteiger partial charge is 0.182 e. The van der Waals surface area contributed by atoms with E-state index in [0.29, 0.717) is 10.2 Å². The zero-order chi connectivity index (χ0) is 11.3. The molecule has 0 aliphatic heterocycles. The third kappa shape index (κ3) is 3.88. The highest BCUT2D eigenvalue weighted by atomic mass is 32.1. The van der Waals surface area contributed by atoms with Gasteiger partial charge in [0, 0.05) is 32.6 Å². The topological polar surface area (TPSA) is 66.2 Å². The summed E-state index contributed by atoms with van der Waals surface area (Å²) in [5.41, 5.74) is 5.55. The van der Waals surface area contributed by atoms with Crippen LogP contribution in [0.3, 0.4) is 0 Å². The lowest BCUT2D eigenvalue weighted by Gasteiger charge is -2.16. The van der Waals surface area contributed by atoms with Crippen LogP contribution in [-0.2, 0) is 0 Å². The second kappa shape index (κ2) is 5.72. The molecule has 7 heteroatoms. The van der Waals surface area contributed by atoms with Gasteiger partial charge in [0.05, 0.1) is 0 Å². The molecule has 4 N–H and O–H groups in total. The number of thiazole rings is 1. The number of nitrogens with one attached hydrogen (secondary N) is 2. The molecule has 0 bridgehead atoms. The fourth-order valence-corrected chi connectivity index (χ4v) is 1.70. The van der Waals surface area contributed by atoms with Gasteiger partial charge in [-0.1, -0.05) is 0 Å². The Kier molecular flexibility index (Phi) is 4.57. The summed E-state index contributed by atoms with van der Waals surface area (Å²) >= 11 is 6.40. The van der Waals surface area contributed by atoms with Crippen LogP contribution in [0.4, 0.5) is 10.9 Å². The van der Waals surface area contributed by atoms with Gasteiger partial charge in [0.1, 0.15) is 5.82 Å². The molecule has 0 aromatic carbocycles. The molecule has 0 saturated heterocycles. The van der Waals surface area contributed by atoms with Gasteiger partial charge in [-0.2, -0.15) is 0 Å². The molecule has 1 aromatic heterocycles. The lowest BCUT2D eigenvalue weighted by molar-refractivity contribution is 0.807. The van der Waals surface area contributed by atoms with E-state index in [9.17, 15) is 0 Å². The zero-order valence-electron chi connectivity index (χ0n) is 8.78. The largest absolute Gasteiger partial charge is 0.375 e. The molecular weight excluding hydrogens is 230 g/mol. The standard InChI is InChI=1S/C8H15N5S2/c1-10-8(14)11-3-4-13(2)6-5-15-7(9)12-6/h5H,3-4H2,1-2H3,(H2,9,12)(H2,10,11,14). The van der Waals surface area contributed by atoms with Gasteiger partial charge < -0.3 is 21.3 Å². The molecule has 0 radical (unpaired) electrons. The number of nitrogens with zero attached hydrogens (tertiary/aromatic N) is 2. The van der Waals surface area contributed by atoms with Crippen LogP contribution < -0.4 is 21.3 Å². The SMILES string of the molecule is CNC(=S)NCCN(C)c1csc(N)n1. The van der Waals surface area contributed by atoms with Crippen molar-refractivity contribution in [3.63, 3.8) is 0 Å². The predicted octanol–water partition coefficient (Wildman–Crippen LogP) is 0.255. The van der Waals surface area contributed by atoms with Gasteiger partial charge in [0.15, 0.2) is 10.2 Å². The Labute approximate surface area is 98.7 Å². The highest BCUT2D eigenvalue weighted by Crippen LogP contribution is 2.18. The normalized spacial score (nSPS) is 9.73. The molecule has 1 rings (SSSR count). The summed E-state index contributed by atoms with van der Waals surface area (Å²) in [7, 11) is 3.76. The van der Waals surface area contributed by atoms with Crippen LogP contribution in [0.1, 0.15) is 0 Å². The van der Waals surface area contributed by atoms with Crippen molar-refractivity contribution in [3.8, 4) is 0 Å². The first-order chi connectivity index (χ1) is 7.13. The molecule has 0 amide bonds. The molecule has 5 nitrogen and oxygen atoms in total. The van der Waals surface area contributed by atoms with E-state index in [2.05, 4.69) is 15.6 Å². The highest BCUT2D eigenvalue weighted by molar-refractivity contribution is 7.80. The molecule has 0 aliphatic rings. The zero-order valence-corrected chi connectivity index (χ0v) is 10.4. The van der Waals surface area contributed by atoms with Gasteiger partial charge in [0.25, 0.3) is 0 Å². The molecule has 0 atom stereocenters. The predicted molar refractivity (Wildman–Crippen MR) is 69.5 cm³/mol. The number of nitrogen functional groups attached to an aromatic ring is 1. The maximum Gasteiger partial charge on any atom is 0.182 e. The van der Waals surface area contributed by atoms with Crippen molar-refractivity contribution in [1.29, 1.82) is 0 Å². The molecule has 0 aliphatic carbocycles. The number of likely N-dealkylation sites (N-methyl/N-ethyl adjacent to an activating group) is 1. The van der Waals surface area contributed by atoms with Gasteiger partial charge in [0.2, 0.25) is 0 Å². The summed E-state index contributed by atoms with van der Waals surface area (Å²) < 4.78 is 0. The fourth-order valence-electron chi connectivity index (χ4n) is 0.994. The third-order valence-electron chi connectivity index (χ3n) is 1.86. The summed E-state index contributed by atoms with van der Waals surface area (Å²) in [5.74, 6) is 0.898. The Morgan fingerprint density at radius 2 is 2.47 bits per heavy atom. The lowest BCUT2D eigenvalue weighted by atomic mass is 10.5. The van der Waals surface area contributed by atoms with Gasteiger partial charge in [-0.25, -0.2) is 4.98 Å². The summed E-state index contributed by atoms with van der Waals surface area (Å²) in [4.78, 5) is 6.20. The molecule has 1 aromatic rings. The summed E-state index contributed by atoms with van der Waals surface area (Å²) in [6, 6.07) is 0. The Morgan fingerprint density at radius 1 is 1.73 bits per heavy atom. The van der Waals surface area contributed by atoms with E-state index in [1.807, 2.05) is 17.3 Å². The van der Waals surface area contributed by atoms with E-state index in [4.69, 9.17) is 18.0 Å². The molecule has 0 spiro atoms. The first-order valence-electron chi connectivity index (χ1n) is 4.51. The minimum absolute atomic E-state index is 0.593. The van der Waals surface area contributed by atoms with Crippen LogP contribution in [0.25, 0.3) is 0 Å². The maximum absolute atomic E-state index is 5.55. The molecule has 1 heterocycles. The second-order valence-electron chi connectivity index (χ2n) is 2.97. The van der Waals surface area contributed by atoms with Gasteiger partial charge in [-0.3, -0.25) is 0 Å². The van der Waals surface area contributed by atoms with Crippen LogP contribution in [0.15, 0.2) is 5.38 Å². The number of aromatic nitrogens is 1. The second-order valence-corrected chi connectivity index (χ2v) is 4.27. The van der Waals surface area contributed by atoms with Gasteiger partial charge >= 0.3 is 0 Å². The minimum Gasteiger partial charge on any atom is -0.375 e. The summed E-state index contributed by atoms with van der Waals surface area (Å²) in [6.45, 7) is 1.60. The van der Waals surface area contributed by atoms with E-state index >= 15 is 0 Å². The minimum atomic E-state index is 0.593. The summed E-state index contributed by atoms with van der Waals surface area (Å²) in [6.07, 6.45) is 0.